The number of aromatic nitrogens is 1. The third kappa shape index (κ3) is 2.11. The van der Waals surface area contributed by atoms with Crippen molar-refractivity contribution < 1.29 is 5.11 Å². The van der Waals surface area contributed by atoms with Crippen LogP contribution in [-0.4, -0.2) is 10.1 Å². The summed E-state index contributed by atoms with van der Waals surface area (Å²) in [7, 11) is 0. The fourth-order valence-corrected chi connectivity index (χ4v) is 3.15. The molecule has 5 heteroatoms. The molecule has 0 saturated carbocycles. The quantitative estimate of drug-likeness (QED) is 0.669. The van der Waals surface area contributed by atoms with Crippen LogP contribution in [0.3, 0.4) is 0 Å². The predicted molar refractivity (Wildman–Crippen MR) is 79.4 cm³/mol. The zero-order valence-electron chi connectivity index (χ0n) is 9.02. The van der Waals surface area contributed by atoms with Crippen molar-refractivity contribution in [2.75, 3.05) is 0 Å². The molecule has 0 radical (unpaired) electrons. The molecule has 0 fully saturated rings. The summed E-state index contributed by atoms with van der Waals surface area (Å²) < 4.78 is 1.72. The largest absolute Gasteiger partial charge is 0.507 e. The van der Waals surface area contributed by atoms with Gasteiger partial charge in [-0.05, 0) is 46.3 Å². The number of fused-ring (bicyclic) bond motifs is 1. The van der Waals surface area contributed by atoms with Gasteiger partial charge in [0.2, 0.25) is 0 Å². The molecule has 1 aromatic heterocycles. The number of benzene rings is 2. The van der Waals surface area contributed by atoms with Gasteiger partial charge in [-0.3, -0.25) is 0 Å². The highest BCUT2D eigenvalue weighted by atomic mass is 79.9. The van der Waals surface area contributed by atoms with E-state index in [-0.39, 0.29) is 5.75 Å². The average molecular weight is 341 g/mol. The van der Waals surface area contributed by atoms with Gasteiger partial charge in [0.15, 0.2) is 0 Å². The molecule has 0 atom stereocenters. The molecule has 0 amide bonds. The molecule has 2 aromatic carbocycles. The predicted octanol–water partition coefficient (Wildman–Crippen LogP) is 5.08. The Balaban J connectivity index is 2.16. The Labute approximate surface area is 121 Å². The van der Waals surface area contributed by atoms with Gasteiger partial charge in [-0.25, -0.2) is 4.98 Å². The maximum atomic E-state index is 9.69. The summed E-state index contributed by atoms with van der Waals surface area (Å²) >= 11 is 10.8. The van der Waals surface area contributed by atoms with Gasteiger partial charge in [-0.1, -0.05) is 17.7 Å². The van der Waals surface area contributed by atoms with E-state index in [2.05, 4.69) is 20.9 Å². The molecular formula is C13H7BrClNOS. The third-order valence-corrected chi connectivity index (χ3v) is 4.52. The molecule has 2 nitrogen and oxygen atoms in total. The van der Waals surface area contributed by atoms with Gasteiger partial charge >= 0.3 is 0 Å². The summed E-state index contributed by atoms with van der Waals surface area (Å²) in [6.07, 6.45) is 0. The van der Waals surface area contributed by atoms with E-state index in [0.29, 0.717) is 9.50 Å². The van der Waals surface area contributed by atoms with Gasteiger partial charge < -0.3 is 5.11 Å². The molecule has 0 saturated heterocycles. The Morgan fingerprint density at radius 2 is 2.00 bits per heavy atom. The minimum atomic E-state index is 0.213. The lowest BCUT2D eigenvalue weighted by molar-refractivity contribution is 0.472. The Kier molecular flexibility index (Phi) is 3.01. The van der Waals surface area contributed by atoms with E-state index < -0.39 is 0 Å². The molecule has 3 rings (SSSR count). The lowest BCUT2D eigenvalue weighted by atomic mass is 10.2. The zero-order valence-corrected chi connectivity index (χ0v) is 12.2. The van der Waals surface area contributed by atoms with Gasteiger partial charge in [0.25, 0.3) is 0 Å². The van der Waals surface area contributed by atoms with E-state index in [1.807, 2.05) is 30.3 Å². The maximum Gasteiger partial charge on any atom is 0.130 e. The van der Waals surface area contributed by atoms with Crippen molar-refractivity contribution in [1.29, 1.82) is 0 Å². The van der Waals surface area contributed by atoms with E-state index in [1.165, 1.54) is 0 Å². The van der Waals surface area contributed by atoms with Crippen molar-refractivity contribution in [2.45, 2.75) is 0 Å². The fraction of sp³-hybridized carbons (Fsp3) is 0. The first-order valence-electron chi connectivity index (χ1n) is 5.18. The van der Waals surface area contributed by atoms with Crippen LogP contribution in [-0.2, 0) is 0 Å². The standard InChI is InChI=1S/C13H7BrClNOS/c14-9-3-1-7(5-11(9)17)13-16-10-4-2-8(15)6-12(10)18-13/h1-6,17H. The van der Waals surface area contributed by atoms with Gasteiger partial charge in [-0.15, -0.1) is 11.3 Å². The number of rotatable bonds is 1. The lowest BCUT2D eigenvalue weighted by Crippen LogP contribution is -1.76. The molecule has 3 aromatic rings. The first-order chi connectivity index (χ1) is 8.63. The van der Waals surface area contributed by atoms with E-state index in [1.54, 1.807) is 17.4 Å². The average Bonchev–Trinajstić information content (AvgIpc) is 2.75. The smallest absolute Gasteiger partial charge is 0.130 e. The fourth-order valence-electron chi connectivity index (χ4n) is 1.67. The van der Waals surface area contributed by atoms with Gasteiger partial charge in [0.05, 0.1) is 14.7 Å². The zero-order chi connectivity index (χ0) is 12.7. The van der Waals surface area contributed by atoms with Crippen molar-refractivity contribution in [3.8, 4) is 16.3 Å². The Bertz CT molecular complexity index is 741. The normalized spacial score (nSPS) is 11.0. The second kappa shape index (κ2) is 4.53. The third-order valence-electron chi connectivity index (χ3n) is 2.54. The SMILES string of the molecule is Oc1cc(-c2nc3ccc(Cl)cc3s2)ccc1Br. The molecule has 1 N–H and O–H groups in total. The van der Waals surface area contributed by atoms with E-state index >= 15 is 0 Å². The number of halogens is 2. The molecule has 18 heavy (non-hydrogen) atoms. The van der Waals surface area contributed by atoms with Crippen LogP contribution in [0.15, 0.2) is 40.9 Å². The van der Waals surface area contributed by atoms with Crippen molar-refractivity contribution in [2.24, 2.45) is 0 Å². The number of nitrogens with zero attached hydrogens (tertiary/aromatic N) is 1. The second-order valence-corrected chi connectivity index (χ2v) is 6.12. The number of hydrogen-bond acceptors (Lipinski definition) is 3. The van der Waals surface area contributed by atoms with E-state index in [4.69, 9.17) is 11.6 Å². The van der Waals surface area contributed by atoms with Crippen LogP contribution >= 0.6 is 38.9 Å². The maximum absolute atomic E-state index is 9.69. The summed E-state index contributed by atoms with van der Waals surface area (Å²) in [5.41, 5.74) is 1.81. The molecule has 0 spiro atoms. The van der Waals surface area contributed by atoms with Crippen LogP contribution in [0.4, 0.5) is 0 Å². The van der Waals surface area contributed by atoms with Gasteiger partial charge in [0.1, 0.15) is 10.8 Å². The molecule has 90 valence electrons. The molecular weight excluding hydrogens is 334 g/mol. The monoisotopic (exact) mass is 339 g/mol. The van der Waals surface area contributed by atoms with E-state index in [0.717, 1.165) is 20.8 Å². The number of phenols is 1. The van der Waals surface area contributed by atoms with Gasteiger partial charge in [-0.2, -0.15) is 0 Å². The van der Waals surface area contributed by atoms with Crippen molar-refractivity contribution in [1.82, 2.24) is 4.98 Å². The summed E-state index contributed by atoms with van der Waals surface area (Å²) in [6.45, 7) is 0. The second-order valence-electron chi connectivity index (χ2n) is 3.80. The van der Waals surface area contributed by atoms with Crippen LogP contribution in [0.1, 0.15) is 0 Å². The van der Waals surface area contributed by atoms with Crippen LogP contribution < -0.4 is 0 Å². The summed E-state index contributed by atoms with van der Waals surface area (Å²) in [5, 5.41) is 11.3. The van der Waals surface area contributed by atoms with Crippen molar-refractivity contribution >= 4 is 49.1 Å². The first-order valence-corrected chi connectivity index (χ1v) is 7.17. The number of thiazole rings is 1. The highest BCUT2D eigenvalue weighted by Gasteiger charge is 2.08. The molecule has 1 heterocycles. The van der Waals surface area contributed by atoms with Crippen LogP contribution in [0.25, 0.3) is 20.8 Å². The van der Waals surface area contributed by atoms with Crippen molar-refractivity contribution in [3.05, 3.63) is 45.9 Å². The number of aromatic hydroxyl groups is 1. The number of hydrogen-bond donors (Lipinski definition) is 1. The molecule has 0 aliphatic heterocycles. The van der Waals surface area contributed by atoms with E-state index in [9.17, 15) is 5.11 Å². The number of phenolic OH excluding ortho intramolecular Hbond substituents is 1. The topological polar surface area (TPSA) is 33.1 Å². The highest BCUT2D eigenvalue weighted by Crippen LogP contribution is 2.35. The Hall–Kier alpha value is -1.10. The minimum Gasteiger partial charge on any atom is -0.507 e. The lowest BCUT2D eigenvalue weighted by Gasteiger charge is -1.99. The van der Waals surface area contributed by atoms with Crippen LogP contribution in [0.2, 0.25) is 5.02 Å². The minimum absolute atomic E-state index is 0.213. The first kappa shape index (κ1) is 12.0. The molecule has 0 aliphatic rings. The summed E-state index contributed by atoms with van der Waals surface area (Å²) in [5.74, 6) is 0.213. The molecule has 0 aliphatic carbocycles. The Morgan fingerprint density at radius 1 is 1.17 bits per heavy atom. The van der Waals surface area contributed by atoms with Gasteiger partial charge in [0, 0.05) is 10.6 Å². The summed E-state index contributed by atoms with van der Waals surface area (Å²) in [4.78, 5) is 4.53. The summed E-state index contributed by atoms with van der Waals surface area (Å²) in [6, 6.07) is 11.1. The van der Waals surface area contributed by atoms with Crippen LogP contribution in [0, 0.1) is 0 Å². The molecule has 0 unspecified atom stereocenters. The Morgan fingerprint density at radius 3 is 2.78 bits per heavy atom. The molecule has 0 bridgehead atoms. The van der Waals surface area contributed by atoms with Crippen molar-refractivity contribution in [3.63, 3.8) is 0 Å². The highest BCUT2D eigenvalue weighted by molar-refractivity contribution is 9.10. The van der Waals surface area contributed by atoms with Crippen LogP contribution in [0.5, 0.6) is 5.75 Å².